The van der Waals surface area contributed by atoms with Crippen LogP contribution in [0.4, 0.5) is 5.69 Å². The van der Waals surface area contributed by atoms with Gasteiger partial charge >= 0.3 is 0 Å². The molecule has 4 atom stereocenters. The van der Waals surface area contributed by atoms with Gasteiger partial charge in [-0.25, -0.2) is 0 Å². The van der Waals surface area contributed by atoms with Gasteiger partial charge in [0.2, 0.25) is 17.4 Å². The number of fused-ring (bicyclic) bond motifs is 4. The number of anilines is 1. The van der Waals surface area contributed by atoms with Gasteiger partial charge in [0.1, 0.15) is 17.9 Å². The molecule has 144 valence electrons. The van der Waals surface area contributed by atoms with Crippen molar-refractivity contribution in [3.05, 3.63) is 29.8 Å². The fraction of sp³-hybridized carbons (Fsp3) is 0.550. The van der Waals surface area contributed by atoms with Crippen molar-refractivity contribution >= 4 is 35.2 Å². The minimum absolute atomic E-state index is 0.0804. The number of rotatable bonds is 3. The molecule has 3 aliphatic heterocycles. The Balaban J connectivity index is 1.87. The number of nitrogens with two attached hydrogens (primary N) is 1. The predicted octanol–water partition coefficient (Wildman–Crippen LogP) is 0.932. The zero-order chi connectivity index (χ0) is 19.6. The van der Waals surface area contributed by atoms with E-state index in [9.17, 15) is 14.4 Å². The van der Waals surface area contributed by atoms with E-state index < -0.39 is 22.9 Å². The summed E-state index contributed by atoms with van der Waals surface area (Å²) in [5, 5.41) is 4.96. The number of para-hydroxylation sites is 1. The Morgan fingerprint density at radius 2 is 1.89 bits per heavy atom. The second-order valence-corrected chi connectivity index (χ2v) is 9.65. The van der Waals surface area contributed by atoms with E-state index in [1.54, 1.807) is 11.8 Å². The van der Waals surface area contributed by atoms with Gasteiger partial charge in [0, 0.05) is 17.5 Å². The van der Waals surface area contributed by atoms with E-state index in [0.29, 0.717) is 0 Å². The van der Waals surface area contributed by atoms with Crippen molar-refractivity contribution in [3.63, 3.8) is 0 Å². The normalized spacial score (nSPS) is 32.2. The summed E-state index contributed by atoms with van der Waals surface area (Å²) in [6.45, 7) is 5.62. The summed E-state index contributed by atoms with van der Waals surface area (Å²) in [6, 6.07) is 7.46. The quantitative estimate of drug-likeness (QED) is 0.755. The predicted molar refractivity (Wildman–Crippen MR) is 104 cm³/mol. The summed E-state index contributed by atoms with van der Waals surface area (Å²) in [5.74, 6) is -0.746. The van der Waals surface area contributed by atoms with E-state index in [1.165, 1.54) is 4.90 Å². The molecule has 3 amide bonds. The number of imide groups is 1. The Hall–Kier alpha value is -1.86. The molecule has 27 heavy (non-hydrogen) atoms. The number of carbonyl (C=O) groups excluding carboxylic acids is 3. The monoisotopic (exact) mass is 388 g/mol. The molecule has 3 N–H and O–H groups in total. The molecular weight excluding hydrogens is 362 g/mol. The molecule has 0 unspecified atom stereocenters. The van der Waals surface area contributed by atoms with E-state index in [2.05, 4.69) is 5.32 Å². The smallest absolute Gasteiger partial charge is 0.291 e. The molecule has 7 heteroatoms. The maximum atomic E-state index is 13.5. The first kappa shape index (κ1) is 18.5. The Morgan fingerprint density at radius 3 is 2.56 bits per heavy atom. The van der Waals surface area contributed by atoms with Crippen LogP contribution in [0.15, 0.2) is 24.3 Å². The summed E-state index contributed by atoms with van der Waals surface area (Å²) in [5.41, 5.74) is -0.0684. The molecule has 0 aliphatic carbocycles. The van der Waals surface area contributed by atoms with Crippen LogP contribution in [0, 0.1) is 11.8 Å². The lowest BCUT2D eigenvalue weighted by atomic mass is 9.76. The number of nitrogens with zero attached hydrogens (tertiary/aromatic N) is 1. The maximum Gasteiger partial charge on any atom is 0.291 e. The number of thioether (sulfide) groups is 1. The molecule has 2 fully saturated rings. The molecular formula is C20H26N3O3S+. The van der Waals surface area contributed by atoms with E-state index in [1.807, 2.05) is 56.6 Å². The molecule has 1 spiro atoms. The van der Waals surface area contributed by atoms with Crippen LogP contribution in [0.5, 0.6) is 0 Å². The number of hydrogen-bond acceptors (Lipinski definition) is 4. The van der Waals surface area contributed by atoms with Gasteiger partial charge in [-0.1, -0.05) is 18.2 Å². The van der Waals surface area contributed by atoms with Gasteiger partial charge in [-0.15, -0.1) is 0 Å². The minimum atomic E-state index is -1.04. The van der Waals surface area contributed by atoms with Gasteiger partial charge in [-0.2, -0.15) is 11.8 Å². The number of likely N-dealkylation sites (tertiary alicyclic amines) is 1. The molecule has 2 saturated heterocycles. The number of nitrogens with one attached hydrogen (secondary N) is 1. The van der Waals surface area contributed by atoms with Crippen molar-refractivity contribution in [2.24, 2.45) is 11.8 Å². The van der Waals surface area contributed by atoms with Crippen LogP contribution in [0.2, 0.25) is 0 Å². The Morgan fingerprint density at radius 1 is 1.19 bits per heavy atom. The highest BCUT2D eigenvalue weighted by molar-refractivity contribution is 7.98. The van der Waals surface area contributed by atoms with Crippen LogP contribution in [0.3, 0.4) is 0 Å². The summed E-state index contributed by atoms with van der Waals surface area (Å²) in [7, 11) is 0. The van der Waals surface area contributed by atoms with Crippen LogP contribution in [-0.4, -0.2) is 46.2 Å². The van der Waals surface area contributed by atoms with Crippen molar-refractivity contribution in [1.29, 1.82) is 0 Å². The highest BCUT2D eigenvalue weighted by atomic mass is 32.2. The molecule has 0 radical (unpaired) electrons. The van der Waals surface area contributed by atoms with Gasteiger partial charge < -0.3 is 10.6 Å². The van der Waals surface area contributed by atoms with E-state index >= 15 is 0 Å². The molecule has 4 rings (SSSR count). The van der Waals surface area contributed by atoms with Gasteiger partial charge in [0.15, 0.2) is 0 Å². The Bertz CT molecular complexity index is 834. The Kier molecular flexibility index (Phi) is 4.16. The minimum Gasteiger partial charge on any atom is -0.326 e. The number of amides is 3. The highest BCUT2D eigenvalue weighted by Gasteiger charge is 2.74. The summed E-state index contributed by atoms with van der Waals surface area (Å²) < 4.78 is 0. The van der Waals surface area contributed by atoms with Crippen LogP contribution in [0.1, 0.15) is 32.8 Å². The molecule has 0 saturated carbocycles. The SMILES string of the molecule is CSCC[C@@H]1[NH2+][C@]2(C(=O)Nc3ccccc32)[C@@H]2C(=O)N(C(C)(C)C)C(=O)[C@H]12. The van der Waals surface area contributed by atoms with E-state index in [4.69, 9.17) is 0 Å². The lowest BCUT2D eigenvalue weighted by Crippen LogP contribution is -2.99. The van der Waals surface area contributed by atoms with Crippen molar-refractivity contribution < 1.29 is 19.7 Å². The summed E-state index contributed by atoms with van der Waals surface area (Å²) in [6.07, 6.45) is 2.82. The van der Waals surface area contributed by atoms with Gasteiger partial charge in [-0.05, 0) is 38.8 Å². The first-order chi connectivity index (χ1) is 12.7. The third kappa shape index (κ3) is 2.41. The molecule has 3 heterocycles. The number of hydrogen-bond donors (Lipinski definition) is 2. The fourth-order valence-electron chi connectivity index (χ4n) is 5.10. The van der Waals surface area contributed by atoms with Crippen LogP contribution in [-0.2, 0) is 19.9 Å². The maximum absolute atomic E-state index is 13.5. The van der Waals surface area contributed by atoms with Gasteiger partial charge in [0.25, 0.3) is 5.91 Å². The average Bonchev–Trinajstić information content (AvgIpc) is 3.17. The second kappa shape index (κ2) is 6.07. The van der Waals surface area contributed by atoms with Crippen molar-refractivity contribution in [1.82, 2.24) is 4.90 Å². The lowest BCUT2D eigenvalue weighted by Gasteiger charge is -2.33. The van der Waals surface area contributed by atoms with Crippen molar-refractivity contribution in [3.8, 4) is 0 Å². The first-order valence-corrected chi connectivity index (χ1v) is 10.8. The number of benzene rings is 1. The van der Waals surface area contributed by atoms with E-state index in [-0.39, 0.29) is 23.8 Å². The average molecular weight is 389 g/mol. The summed E-state index contributed by atoms with van der Waals surface area (Å²) in [4.78, 5) is 41.4. The standard InChI is InChI=1S/C20H25N3O3S/c1-19(2,3)23-16(24)14-13(9-10-27-4)22-20(15(14)17(23)25)11-7-5-6-8-12(11)21-18(20)26/h5-8,13-15,22H,9-10H2,1-4H3,(H,21,26)/p+1/t13-,14+,15-,20-/m0/s1. The van der Waals surface area contributed by atoms with Crippen LogP contribution >= 0.6 is 11.8 Å². The molecule has 3 aliphatic rings. The number of quaternary nitrogens is 1. The van der Waals surface area contributed by atoms with E-state index in [0.717, 1.165) is 23.4 Å². The molecule has 0 aromatic heterocycles. The highest BCUT2D eigenvalue weighted by Crippen LogP contribution is 2.50. The van der Waals surface area contributed by atoms with Crippen LogP contribution < -0.4 is 10.6 Å². The molecule has 1 aromatic rings. The zero-order valence-electron chi connectivity index (χ0n) is 16.1. The fourth-order valence-corrected chi connectivity index (χ4v) is 5.61. The molecule has 6 nitrogen and oxygen atoms in total. The van der Waals surface area contributed by atoms with Crippen LogP contribution in [0.25, 0.3) is 0 Å². The topological polar surface area (TPSA) is 83.1 Å². The number of carbonyl (C=O) groups is 3. The molecule has 1 aromatic carbocycles. The molecule has 0 bridgehead atoms. The largest absolute Gasteiger partial charge is 0.326 e. The lowest BCUT2D eigenvalue weighted by molar-refractivity contribution is -0.733. The first-order valence-electron chi connectivity index (χ1n) is 9.37. The second-order valence-electron chi connectivity index (χ2n) is 8.67. The third-order valence-corrected chi connectivity index (χ3v) is 6.75. The third-order valence-electron chi connectivity index (χ3n) is 6.10. The van der Waals surface area contributed by atoms with Gasteiger partial charge in [0.05, 0.1) is 5.69 Å². The van der Waals surface area contributed by atoms with Crippen molar-refractivity contribution in [2.45, 2.75) is 44.3 Å². The van der Waals surface area contributed by atoms with Gasteiger partial charge in [-0.3, -0.25) is 19.3 Å². The summed E-state index contributed by atoms with van der Waals surface area (Å²) >= 11 is 1.72. The van der Waals surface area contributed by atoms with Crippen molar-refractivity contribution in [2.75, 3.05) is 17.3 Å². The zero-order valence-corrected chi connectivity index (χ0v) is 16.9. The Labute approximate surface area is 163 Å².